The molecule has 1 aliphatic heterocycles. The van der Waals surface area contributed by atoms with E-state index < -0.39 is 0 Å². The third kappa shape index (κ3) is 4.45. The number of hydrogen-bond acceptors (Lipinski definition) is 3. The van der Waals surface area contributed by atoms with Crippen LogP contribution in [0.4, 0.5) is 0 Å². The zero-order valence-electron chi connectivity index (χ0n) is 13.3. The van der Waals surface area contributed by atoms with Gasteiger partial charge in [0.25, 0.3) is 0 Å². The molecule has 1 aromatic carbocycles. The Balaban J connectivity index is 1.74. The molecule has 0 N–H and O–H groups in total. The summed E-state index contributed by atoms with van der Waals surface area (Å²) in [6, 6.07) is 8.47. The molecule has 22 heavy (non-hydrogen) atoms. The number of methoxy groups -OCH3 is 1. The van der Waals surface area contributed by atoms with Crippen molar-refractivity contribution in [1.82, 2.24) is 4.90 Å². The number of hydrogen-bond donors (Lipinski definition) is 0. The maximum absolute atomic E-state index is 12.2. The van der Waals surface area contributed by atoms with Gasteiger partial charge in [-0.15, -0.1) is 0 Å². The average Bonchev–Trinajstić information content (AvgIpc) is 2.86. The number of ether oxygens (including phenoxy) is 1. The predicted octanol–water partition coefficient (Wildman–Crippen LogP) is 2.65. The number of benzene rings is 1. The minimum atomic E-state index is -0.272. The molecule has 118 valence electrons. The van der Waals surface area contributed by atoms with Gasteiger partial charge >= 0.3 is 5.97 Å². The molecular formula is C18H23NO3. The summed E-state index contributed by atoms with van der Waals surface area (Å²) in [5.74, 6) is -0.209. The van der Waals surface area contributed by atoms with Crippen LogP contribution < -0.4 is 0 Å². The van der Waals surface area contributed by atoms with Crippen molar-refractivity contribution in [3.63, 3.8) is 0 Å². The molecule has 0 atom stereocenters. The number of carbonyl (C=O) groups is 2. The standard InChI is InChI=1S/C18H23NO3/c1-14-5-3-6-15(13-14)7-4-11-19-12-10-16(18(19)21)8-9-17(20)22-2/h3,5-6,10,13H,4,7-9,11-12H2,1-2H3. The van der Waals surface area contributed by atoms with Crippen molar-refractivity contribution in [2.75, 3.05) is 20.2 Å². The summed E-state index contributed by atoms with van der Waals surface area (Å²) in [6.45, 7) is 3.50. The first kappa shape index (κ1) is 16.3. The number of rotatable bonds is 7. The van der Waals surface area contributed by atoms with Crippen LogP contribution in [-0.4, -0.2) is 37.0 Å². The molecular weight excluding hydrogens is 278 g/mol. The van der Waals surface area contributed by atoms with E-state index in [9.17, 15) is 9.59 Å². The second-order valence-corrected chi connectivity index (χ2v) is 5.65. The van der Waals surface area contributed by atoms with Crippen molar-refractivity contribution in [1.29, 1.82) is 0 Å². The Labute approximate surface area is 131 Å². The van der Waals surface area contributed by atoms with Gasteiger partial charge in [0.15, 0.2) is 0 Å². The molecule has 1 aromatic rings. The summed E-state index contributed by atoms with van der Waals surface area (Å²) < 4.78 is 4.60. The Morgan fingerprint density at radius 1 is 1.32 bits per heavy atom. The first-order chi connectivity index (χ1) is 10.6. The van der Waals surface area contributed by atoms with Gasteiger partial charge in [-0.25, -0.2) is 0 Å². The highest BCUT2D eigenvalue weighted by atomic mass is 16.5. The van der Waals surface area contributed by atoms with Crippen LogP contribution in [0.1, 0.15) is 30.4 Å². The summed E-state index contributed by atoms with van der Waals surface area (Å²) in [6.07, 6.45) is 4.60. The molecule has 1 aliphatic rings. The van der Waals surface area contributed by atoms with Gasteiger partial charge in [0.1, 0.15) is 0 Å². The molecule has 0 aromatic heterocycles. The van der Waals surface area contributed by atoms with Gasteiger partial charge in [-0.3, -0.25) is 9.59 Å². The lowest BCUT2D eigenvalue weighted by Gasteiger charge is -2.16. The predicted molar refractivity (Wildman–Crippen MR) is 85.4 cm³/mol. The third-order valence-electron chi connectivity index (χ3n) is 3.92. The largest absolute Gasteiger partial charge is 0.469 e. The molecule has 0 radical (unpaired) electrons. The Hall–Kier alpha value is -2.10. The second kappa shape index (κ2) is 7.78. The van der Waals surface area contributed by atoms with E-state index >= 15 is 0 Å². The molecule has 0 unspecified atom stereocenters. The minimum Gasteiger partial charge on any atom is -0.469 e. The van der Waals surface area contributed by atoms with Crippen molar-refractivity contribution in [2.24, 2.45) is 0 Å². The van der Waals surface area contributed by atoms with Crippen LogP contribution >= 0.6 is 0 Å². The van der Waals surface area contributed by atoms with Crippen LogP contribution in [0.15, 0.2) is 35.9 Å². The van der Waals surface area contributed by atoms with E-state index in [0.717, 1.165) is 25.0 Å². The van der Waals surface area contributed by atoms with Gasteiger partial charge in [-0.2, -0.15) is 0 Å². The SMILES string of the molecule is COC(=O)CCC1=CCN(CCCc2cccc(C)c2)C1=O. The fourth-order valence-electron chi connectivity index (χ4n) is 2.68. The maximum Gasteiger partial charge on any atom is 0.305 e. The van der Waals surface area contributed by atoms with Crippen molar-refractivity contribution >= 4 is 11.9 Å². The average molecular weight is 301 g/mol. The summed E-state index contributed by atoms with van der Waals surface area (Å²) in [4.78, 5) is 25.2. The molecule has 4 heteroatoms. The van der Waals surface area contributed by atoms with E-state index in [-0.39, 0.29) is 18.3 Å². The molecule has 2 rings (SSSR count). The normalized spacial score (nSPS) is 14.2. The van der Waals surface area contributed by atoms with Crippen LogP contribution in [0.3, 0.4) is 0 Å². The molecule has 1 heterocycles. The molecule has 0 saturated heterocycles. The molecule has 0 saturated carbocycles. The Bertz CT molecular complexity index is 577. The van der Waals surface area contributed by atoms with Gasteiger partial charge in [0.05, 0.1) is 7.11 Å². The van der Waals surface area contributed by atoms with E-state index in [1.54, 1.807) is 0 Å². The van der Waals surface area contributed by atoms with Gasteiger partial charge in [0, 0.05) is 25.1 Å². The quantitative estimate of drug-likeness (QED) is 0.727. The first-order valence-corrected chi connectivity index (χ1v) is 7.71. The van der Waals surface area contributed by atoms with E-state index in [4.69, 9.17) is 0 Å². The lowest BCUT2D eigenvalue weighted by molar-refractivity contribution is -0.140. The van der Waals surface area contributed by atoms with Crippen molar-refractivity contribution in [3.05, 3.63) is 47.0 Å². The monoisotopic (exact) mass is 301 g/mol. The lowest BCUT2D eigenvalue weighted by Crippen LogP contribution is -2.28. The highest BCUT2D eigenvalue weighted by Gasteiger charge is 2.23. The van der Waals surface area contributed by atoms with Crippen LogP contribution in [0.25, 0.3) is 0 Å². The highest BCUT2D eigenvalue weighted by Crippen LogP contribution is 2.17. The van der Waals surface area contributed by atoms with Crippen LogP contribution in [-0.2, 0) is 20.7 Å². The molecule has 0 spiro atoms. The summed E-state index contributed by atoms with van der Waals surface area (Å²) in [5.41, 5.74) is 3.31. The maximum atomic E-state index is 12.2. The Morgan fingerprint density at radius 3 is 2.86 bits per heavy atom. The third-order valence-corrected chi connectivity index (χ3v) is 3.92. The molecule has 0 fully saturated rings. The number of esters is 1. The van der Waals surface area contributed by atoms with Crippen molar-refractivity contribution in [3.8, 4) is 0 Å². The number of nitrogens with zero attached hydrogens (tertiary/aromatic N) is 1. The molecule has 4 nitrogen and oxygen atoms in total. The van der Waals surface area contributed by atoms with Crippen LogP contribution in [0, 0.1) is 6.92 Å². The number of carbonyl (C=O) groups excluding carboxylic acids is 2. The Morgan fingerprint density at radius 2 is 2.14 bits per heavy atom. The van der Waals surface area contributed by atoms with Crippen LogP contribution in [0.2, 0.25) is 0 Å². The zero-order chi connectivity index (χ0) is 15.9. The van der Waals surface area contributed by atoms with Crippen molar-refractivity contribution in [2.45, 2.75) is 32.6 Å². The van der Waals surface area contributed by atoms with Gasteiger partial charge < -0.3 is 9.64 Å². The lowest BCUT2D eigenvalue weighted by atomic mass is 10.1. The number of amides is 1. The first-order valence-electron chi connectivity index (χ1n) is 7.71. The fraction of sp³-hybridized carbons (Fsp3) is 0.444. The Kier molecular flexibility index (Phi) is 5.75. The zero-order valence-corrected chi connectivity index (χ0v) is 13.3. The summed E-state index contributed by atoms with van der Waals surface area (Å²) >= 11 is 0. The topological polar surface area (TPSA) is 46.6 Å². The van der Waals surface area contributed by atoms with Gasteiger partial charge in [-0.05, 0) is 31.7 Å². The molecule has 1 amide bonds. The van der Waals surface area contributed by atoms with Gasteiger partial charge in [-0.1, -0.05) is 35.9 Å². The van der Waals surface area contributed by atoms with Crippen molar-refractivity contribution < 1.29 is 14.3 Å². The highest BCUT2D eigenvalue weighted by molar-refractivity contribution is 5.96. The number of aryl methyl sites for hydroxylation is 2. The molecule has 0 aliphatic carbocycles. The minimum absolute atomic E-state index is 0.0631. The van der Waals surface area contributed by atoms with E-state index in [1.807, 2.05) is 11.0 Å². The molecule has 0 bridgehead atoms. The summed E-state index contributed by atoms with van der Waals surface area (Å²) in [7, 11) is 1.37. The van der Waals surface area contributed by atoms with Gasteiger partial charge in [0.2, 0.25) is 5.91 Å². The van der Waals surface area contributed by atoms with E-state index in [0.29, 0.717) is 13.0 Å². The fourth-order valence-corrected chi connectivity index (χ4v) is 2.68. The smallest absolute Gasteiger partial charge is 0.305 e. The van der Waals surface area contributed by atoms with E-state index in [1.165, 1.54) is 18.2 Å². The van der Waals surface area contributed by atoms with E-state index in [2.05, 4.69) is 35.9 Å². The summed E-state index contributed by atoms with van der Waals surface area (Å²) in [5, 5.41) is 0. The second-order valence-electron chi connectivity index (χ2n) is 5.65. The van der Waals surface area contributed by atoms with Crippen LogP contribution in [0.5, 0.6) is 0 Å².